The molecule has 1 aromatic rings. The SMILES string of the molecule is O=[As]c1ccc2c(c1)NC(O)=CO2. The zero-order valence-corrected chi connectivity index (χ0v) is 8.40. The summed E-state index contributed by atoms with van der Waals surface area (Å²) in [5, 5.41) is 11.8. The van der Waals surface area contributed by atoms with Gasteiger partial charge in [0.2, 0.25) is 0 Å². The van der Waals surface area contributed by atoms with E-state index in [1.807, 2.05) is 0 Å². The second-order valence-corrected chi connectivity index (χ2v) is 3.98. The van der Waals surface area contributed by atoms with Gasteiger partial charge in [0.15, 0.2) is 0 Å². The maximum atomic E-state index is 10.6. The number of fused-ring (bicyclic) bond motifs is 1. The molecule has 1 heterocycles. The number of aliphatic hydroxyl groups excluding tert-OH is 1. The van der Waals surface area contributed by atoms with Crippen molar-refractivity contribution in [2.45, 2.75) is 0 Å². The first-order valence-corrected chi connectivity index (χ1v) is 5.30. The van der Waals surface area contributed by atoms with E-state index in [2.05, 4.69) is 5.32 Å². The molecule has 13 heavy (non-hydrogen) atoms. The number of hydrogen-bond acceptors (Lipinski definition) is 4. The molecule has 0 radical (unpaired) electrons. The molecule has 0 spiro atoms. The van der Waals surface area contributed by atoms with Crippen molar-refractivity contribution in [3.8, 4) is 5.75 Å². The van der Waals surface area contributed by atoms with Crippen molar-refractivity contribution >= 4 is 25.7 Å². The molecule has 0 fully saturated rings. The van der Waals surface area contributed by atoms with E-state index in [0.29, 0.717) is 11.4 Å². The number of nitrogens with one attached hydrogen (secondary N) is 1. The number of rotatable bonds is 1. The Balaban J connectivity index is 2.43. The summed E-state index contributed by atoms with van der Waals surface area (Å²) in [6.07, 6.45) is 1.22. The molecule has 5 heteroatoms. The Kier molecular flexibility index (Phi) is 2.06. The van der Waals surface area contributed by atoms with Crippen LogP contribution in [0.2, 0.25) is 0 Å². The predicted octanol–water partition coefficient (Wildman–Crippen LogP) is 0.523. The summed E-state index contributed by atoms with van der Waals surface area (Å²) in [6.45, 7) is 0. The Labute approximate surface area is 81.1 Å². The third kappa shape index (κ3) is 1.58. The molecule has 1 aromatic carbocycles. The van der Waals surface area contributed by atoms with Crippen LogP contribution in [0.4, 0.5) is 5.69 Å². The summed E-state index contributed by atoms with van der Waals surface area (Å²) in [5.41, 5.74) is 0.642. The Hall–Kier alpha value is -1.28. The molecule has 0 saturated heterocycles. The fraction of sp³-hybridized carbons (Fsp3) is 0. The molecule has 4 nitrogen and oxygen atoms in total. The fourth-order valence-electron chi connectivity index (χ4n) is 1.06. The van der Waals surface area contributed by atoms with Crippen molar-refractivity contribution in [1.82, 2.24) is 0 Å². The van der Waals surface area contributed by atoms with Crippen molar-refractivity contribution < 1.29 is 13.6 Å². The first kappa shape index (κ1) is 8.32. The van der Waals surface area contributed by atoms with Crippen LogP contribution in [0.25, 0.3) is 0 Å². The Morgan fingerprint density at radius 1 is 1.46 bits per heavy atom. The summed E-state index contributed by atoms with van der Waals surface area (Å²) >= 11 is -1.04. The number of ether oxygens (including phenoxy) is 1. The van der Waals surface area contributed by atoms with E-state index in [1.54, 1.807) is 18.2 Å². The first-order chi connectivity index (χ1) is 6.29. The van der Waals surface area contributed by atoms with E-state index in [1.165, 1.54) is 6.26 Å². The molecular formula is C8H6AsNO3. The van der Waals surface area contributed by atoms with Crippen LogP contribution in [-0.4, -0.2) is 20.8 Å². The van der Waals surface area contributed by atoms with Crippen molar-refractivity contribution in [1.29, 1.82) is 0 Å². The van der Waals surface area contributed by atoms with Crippen LogP contribution in [-0.2, 0) is 3.74 Å². The quantitative estimate of drug-likeness (QED) is 0.701. The van der Waals surface area contributed by atoms with Gasteiger partial charge < -0.3 is 0 Å². The van der Waals surface area contributed by atoms with Gasteiger partial charge >= 0.3 is 80.7 Å². The van der Waals surface area contributed by atoms with Crippen molar-refractivity contribution in [2.24, 2.45) is 0 Å². The Morgan fingerprint density at radius 3 is 3.08 bits per heavy atom. The van der Waals surface area contributed by atoms with Gasteiger partial charge in [0.25, 0.3) is 0 Å². The summed E-state index contributed by atoms with van der Waals surface area (Å²) in [5.74, 6) is 0.572. The molecule has 1 aliphatic heterocycles. The molecule has 1 aliphatic rings. The summed E-state index contributed by atoms with van der Waals surface area (Å²) in [7, 11) is 0. The molecule has 0 aliphatic carbocycles. The molecule has 0 bridgehead atoms. The molecule has 0 unspecified atom stereocenters. The van der Waals surface area contributed by atoms with Gasteiger partial charge in [-0.3, -0.25) is 0 Å². The average molecular weight is 239 g/mol. The van der Waals surface area contributed by atoms with Gasteiger partial charge in [-0.05, 0) is 0 Å². The molecule has 66 valence electrons. The van der Waals surface area contributed by atoms with Crippen LogP contribution in [0.15, 0.2) is 30.3 Å². The molecule has 2 N–H and O–H groups in total. The van der Waals surface area contributed by atoms with E-state index >= 15 is 0 Å². The predicted molar refractivity (Wildman–Crippen MR) is 47.5 cm³/mol. The zero-order valence-electron chi connectivity index (χ0n) is 6.52. The number of hydrogen-bond donors (Lipinski definition) is 2. The molecule has 0 atom stereocenters. The topological polar surface area (TPSA) is 58.6 Å². The maximum absolute atomic E-state index is 10.6. The number of aliphatic hydroxyl groups is 1. The summed E-state index contributed by atoms with van der Waals surface area (Å²) < 4.78 is 16.5. The van der Waals surface area contributed by atoms with Gasteiger partial charge in [-0.2, -0.15) is 0 Å². The van der Waals surface area contributed by atoms with Crippen LogP contribution >= 0.6 is 0 Å². The van der Waals surface area contributed by atoms with Crippen LogP contribution in [0.3, 0.4) is 0 Å². The van der Waals surface area contributed by atoms with E-state index in [9.17, 15) is 3.74 Å². The summed E-state index contributed by atoms with van der Waals surface area (Å²) in [4.78, 5) is 0. The second kappa shape index (κ2) is 3.22. The molecule has 2 rings (SSSR count). The minimum atomic E-state index is -1.04. The van der Waals surface area contributed by atoms with Gasteiger partial charge in [-0.1, -0.05) is 0 Å². The minimum absolute atomic E-state index is 0.0493. The van der Waals surface area contributed by atoms with E-state index in [0.717, 1.165) is 4.35 Å². The Bertz CT molecular complexity index is 389. The van der Waals surface area contributed by atoms with Gasteiger partial charge in [0, 0.05) is 0 Å². The van der Waals surface area contributed by atoms with Gasteiger partial charge in [0.1, 0.15) is 0 Å². The number of anilines is 1. The number of benzene rings is 1. The van der Waals surface area contributed by atoms with E-state index in [4.69, 9.17) is 9.84 Å². The van der Waals surface area contributed by atoms with Gasteiger partial charge in [0.05, 0.1) is 0 Å². The Morgan fingerprint density at radius 2 is 2.31 bits per heavy atom. The van der Waals surface area contributed by atoms with Crippen LogP contribution < -0.4 is 14.4 Å². The van der Waals surface area contributed by atoms with Gasteiger partial charge in [-0.25, -0.2) is 0 Å². The van der Waals surface area contributed by atoms with Crippen molar-refractivity contribution in [3.05, 3.63) is 30.3 Å². The standard InChI is InChI=1S/C8H6AsNO3/c11-8-4-13-7-2-1-5(9-12)3-6(7)10-8/h1-4,10-11H. The summed E-state index contributed by atoms with van der Waals surface area (Å²) in [6, 6.07) is 5.16. The van der Waals surface area contributed by atoms with Gasteiger partial charge in [-0.15, -0.1) is 0 Å². The first-order valence-electron chi connectivity index (χ1n) is 3.60. The van der Waals surface area contributed by atoms with Crippen LogP contribution in [0.1, 0.15) is 0 Å². The van der Waals surface area contributed by atoms with E-state index in [-0.39, 0.29) is 5.88 Å². The second-order valence-electron chi connectivity index (χ2n) is 2.52. The third-order valence-corrected chi connectivity index (χ3v) is 2.65. The monoisotopic (exact) mass is 239 g/mol. The van der Waals surface area contributed by atoms with E-state index < -0.39 is 15.7 Å². The fourth-order valence-corrected chi connectivity index (χ4v) is 1.73. The van der Waals surface area contributed by atoms with Crippen molar-refractivity contribution in [2.75, 3.05) is 5.32 Å². The molecular weight excluding hydrogens is 233 g/mol. The molecule has 0 saturated carbocycles. The van der Waals surface area contributed by atoms with Crippen LogP contribution in [0.5, 0.6) is 5.75 Å². The molecule has 0 amide bonds. The average Bonchev–Trinajstić information content (AvgIpc) is 2.16. The zero-order chi connectivity index (χ0) is 9.26. The third-order valence-electron chi connectivity index (χ3n) is 1.63. The normalized spacial score (nSPS) is 14.0. The molecule has 0 aromatic heterocycles. The van der Waals surface area contributed by atoms with Crippen molar-refractivity contribution in [3.63, 3.8) is 0 Å². The van der Waals surface area contributed by atoms with Crippen LogP contribution in [0, 0.1) is 0 Å².